The standard InChI is InChI=1S/C28H22F9NO4S2/c1-14-24(15-8-18(27(32,33)34)11-19(9-15)28(35,36)37)43-25(39)38(14)13-16-10-17(26(29,30)31)4-6-21(16)22-12-20(44(3,40)41)5-7-23(22)42-2/h4-12,14,24H,13H2,1-3H3. The maximum atomic E-state index is 13.7. The minimum atomic E-state index is -5.13. The van der Waals surface area contributed by atoms with Gasteiger partial charge in [0.25, 0.3) is 5.24 Å². The van der Waals surface area contributed by atoms with Crippen molar-refractivity contribution in [1.82, 2.24) is 4.90 Å². The Morgan fingerprint density at radius 2 is 1.36 bits per heavy atom. The maximum absolute atomic E-state index is 13.7. The molecule has 3 aromatic carbocycles. The number of nitrogens with zero attached hydrogens (tertiary/aromatic N) is 1. The van der Waals surface area contributed by atoms with Gasteiger partial charge in [-0.3, -0.25) is 4.79 Å². The summed E-state index contributed by atoms with van der Waals surface area (Å²) in [6, 6.07) is 6.20. The third kappa shape index (κ3) is 6.95. The van der Waals surface area contributed by atoms with Crippen LogP contribution in [0.1, 0.15) is 40.0 Å². The van der Waals surface area contributed by atoms with Crippen molar-refractivity contribution in [2.24, 2.45) is 0 Å². The summed E-state index contributed by atoms with van der Waals surface area (Å²) in [6.07, 6.45) is -14.2. The van der Waals surface area contributed by atoms with Gasteiger partial charge >= 0.3 is 18.5 Å². The molecule has 16 heteroatoms. The van der Waals surface area contributed by atoms with Crippen molar-refractivity contribution in [2.75, 3.05) is 13.4 Å². The second-order valence-corrected chi connectivity index (χ2v) is 13.1. The molecule has 0 aliphatic carbocycles. The first-order valence-corrected chi connectivity index (χ1v) is 15.2. The number of amides is 1. The lowest BCUT2D eigenvalue weighted by molar-refractivity contribution is -0.143. The Balaban J connectivity index is 1.82. The lowest BCUT2D eigenvalue weighted by Gasteiger charge is -2.26. The van der Waals surface area contributed by atoms with Crippen LogP contribution in [-0.4, -0.2) is 38.0 Å². The summed E-state index contributed by atoms with van der Waals surface area (Å²) in [4.78, 5) is 14.0. The quantitative estimate of drug-likeness (QED) is 0.246. The molecule has 238 valence electrons. The number of methoxy groups -OCH3 is 1. The molecule has 3 aromatic rings. The zero-order valence-corrected chi connectivity index (χ0v) is 24.5. The third-order valence-corrected chi connectivity index (χ3v) is 9.46. The first kappa shape index (κ1) is 33.5. The monoisotopic (exact) mass is 671 g/mol. The van der Waals surface area contributed by atoms with Crippen molar-refractivity contribution in [1.29, 1.82) is 0 Å². The minimum Gasteiger partial charge on any atom is -0.496 e. The van der Waals surface area contributed by atoms with E-state index >= 15 is 0 Å². The van der Waals surface area contributed by atoms with Crippen LogP contribution in [0.4, 0.5) is 44.3 Å². The van der Waals surface area contributed by atoms with Crippen LogP contribution in [0.15, 0.2) is 59.5 Å². The van der Waals surface area contributed by atoms with E-state index in [4.69, 9.17) is 4.74 Å². The number of carbonyl (C=O) groups is 1. The zero-order chi connectivity index (χ0) is 33.0. The summed E-state index contributed by atoms with van der Waals surface area (Å²) in [5.74, 6) is 0.0927. The van der Waals surface area contributed by atoms with Crippen LogP contribution in [0.5, 0.6) is 5.75 Å². The summed E-state index contributed by atoms with van der Waals surface area (Å²) < 4.78 is 152. The molecule has 1 aliphatic rings. The summed E-state index contributed by atoms with van der Waals surface area (Å²) in [6.45, 7) is 0.814. The minimum absolute atomic E-state index is 0.0414. The average molecular weight is 672 g/mol. The summed E-state index contributed by atoms with van der Waals surface area (Å²) >= 11 is 0.444. The molecule has 0 N–H and O–H groups in total. The molecule has 0 bridgehead atoms. The smallest absolute Gasteiger partial charge is 0.416 e. The van der Waals surface area contributed by atoms with E-state index < -0.39 is 73.7 Å². The van der Waals surface area contributed by atoms with E-state index in [2.05, 4.69) is 0 Å². The SMILES string of the molecule is COc1ccc(S(C)(=O)=O)cc1-c1ccc(C(F)(F)F)cc1CN1C(=O)SC(c2cc(C(F)(F)F)cc(C(F)(F)F)c2)C1C. The van der Waals surface area contributed by atoms with Crippen molar-refractivity contribution < 1.29 is 57.5 Å². The van der Waals surface area contributed by atoms with Crippen molar-refractivity contribution in [2.45, 2.75) is 48.2 Å². The highest BCUT2D eigenvalue weighted by molar-refractivity contribution is 8.14. The van der Waals surface area contributed by atoms with E-state index in [-0.39, 0.29) is 33.4 Å². The van der Waals surface area contributed by atoms with Crippen molar-refractivity contribution >= 4 is 26.8 Å². The fraction of sp³-hybridized carbons (Fsp3) is 0.321. The van der Waals surface area contributed by atoms with E-state index in [1.807, 2.05) is 0 Å². The molecule has 1 heterocycles. The Bertz CT molecular complexity index is 1670. The summed E-state index contributed by atoms with van der Waals surface area (Å²) in [5, 5.41) is -2.03. The second kappa shape index (κ2) is 11.5. The maximum Gasteiger partial charge on any atom is 0.416 e. The number of alkyl halides is 9. The van der Waals surface area contributed by atoms with E-state index in [1.54, 1.807) is 0 Å². The second-order valence-electron chi connectivity index (χ2n) is 10.0. The first-order chi connectivity index (χ1) is 20.1. The van der Waals surface area contributed by atoms with Crippen molar-refractivity contribution in [3.63, 3.8) is 0 Å². The Morgan fingerprint density at radius 3 is 1.86 bits per heavy atom. The van der Waals surface area contributed by atoms with E-state index in [1.165, 1.54) is 32.2 Å². The molecule has 4 rings (SSSR count). The summed E-state index contributed by atoms with van der Waals surface area (Å²) in [7, 11) is -2.52. The molecule has 0 radical (unpaired) electrons. The molecule has 0 saturated carbocycles. The summed E-state index contributed by atoms with van der Waals surface area (Å²) in [5.41, 5.74) is -4.66. The molecule has 5 nitrogen and oxygen atoms in total. The van der Waals surface area contributed by atoms with Gasteiger partial charge in [0, 0.05) is 24.4 Å². The highest BCUT2D eigenvalue weighted by atomic mass is 32.2. The van der Waals surface area contributed by atoms with E-state index in [0.717, 1.165) is 29.4 Å². The van der Waals surface area contributed by atoms with Crippen molar-refractivity contribution in [3.8, 4) is 16.9 Å². The molecular formula is C28H22F9NO4S2. The lowest BCUT2D eigenvalue weighted by atomic mass is 9.95. The van der Waals surface area contributed by atoms with Crippen LogP contribution in [0.2, 0.25) is 0 Å². The van der Waals surface area contributed by atoms with Gasteiger partial charge in [0.05, 0.1) is 33.9 Å². The highest BCUT2D eigenvalue weighted by Gasteiger charge is 2.43. The molecule has 1 saturated heterocycles. The average Bonchev–Trinajstić information content (AvgIpc) is 3.19. The van der Waals surface area contributed by atoms with E-state index in [9.17, 15) is 52.7 Å². The Kier molecular flexibility index (Phi) is 8.76. The molecule has 1 amide bonds. The molecule has 2 atom stereocenters. The lowest BCUT2D eigenvalue weighted by Crippen LogP contribution is -2.31. The van der Waals surface area contributed by atoms with Gasteiger partial charge in [0.1, 0.15) is 5.75 Å². The van der Waals surface area contributed by atoms with Crippen LogP contribution >= 0.6 is 11.8 Å². The van der Waals surface area contributed by atoms with Crippen LogP contribution in [0.25, 0.3) is 11.1 Å². The van der Waals surface area contributed by atoms with Gasteiger partial charge in [-0.1, -0.05) is 17.8 Å². The highest BCUT2D eigenvalue weighted by Crippen LogP contribution is 2.48. The Morgan fingerprint density at radius 1 is 0.795 bits per heavy atom. The first-order valence-electron chi connectivity index (χ1n) is 12.5. The van der Waals surface area contributed by atoms with Crippen LogP contribution in [-0.2, 0) is 34.9 Å². The normalized spacial score (nSPS) is 18.2. The number of benzene rings is 3. The van der Waals surface area contributed by atoms with Gasteiger partial charge in [0.15, 0.2) is 9.84 Å². The van der Waals surface area contributed by atoms with Gasteiger partial charge in [-0.2, -0.15) is 39.5 Å². The predicted molar refractivity (Wildman–Crippen MR) is 144 cm³/mol. The van der Waals surface area contributed by atoms with Gasteiger partial charge in [-0.25, -0.2) is 8.42 Å². The predicted octanol–water partition coefficient (Wildman–Crippen LogP) is 8.62. The number of halogens is 9. The molecule has 0 spiro atoms. The number of hydrogen-bond donors (Lipinski definition) is 0. The number of carbonyl (C=O) groups excluding carboxylic acids is 1. The Labute approximate surface area is 249 Å². The van der Waals surface area contributed by atoms with Crippen molar-refractivity contribution in [3.05, 3.63) is 82.4 Å². The fourth-order valence-corrected chi connectivity index (χ4v) is 6.62. The Hall–Kier alpha value is -3.40. The van der Waals surface area contributed by atoms with Gasteiger partial charge < -0.3 is 9.64 Å². The molecule has 1 fully saturated rings. The molecule has 0 aromatic heterocycles. The number of sulfone groups is 1. The van der Waals surface area contributed by atoms with Gasteiger partial charge in [-0.15, -0.1) is 0 Å². The van der Waals surface area contributed by atoms with Crippen LogP contribution in [0, 0.1) is 0 Å². The third-order valence-electron chi connectivity index (χ3n) is 6.99. The fourth-order valence-electron chi connectivity index (χ4n) is 4.78. The number of thioether (sulfide) groups is 1. The molecular weight excluding hydrogens is 649 g/mol. The largest absolute Gasteiger partial charge is 0.496 e. The van der Waals surface area contributed by atoms with Crippen LogP contribution in [0.3, 0.4) is 0 Å². The molecule has 44 heavy (non-hydrogen) atoms. The topological polar surface area (TPSA) is 63.7 Å². The van der Waals surface area contributed by atoms with E-state index in [0.29, 0.717) is 23.9 Å². The molecule has 2 unspecified atom stereocenters. The van der Waals surface area contributed by atoms with Crippen LogP contribution < -0.4 is 4.74 Å². The molecule has 1 aliphatic heterocycles. The number of ether oxygens (including phenoxy) is 1. The number of rotatable bonds is 6. The van der Waals surface area contributed by atoms with Gasteiger partial charge in [0.2, 0.25) is 0 Å². The van der Waals surface area contributed by atoms with Gasteiger partial charge in [-0.05, 0) is 72.1 Å². The zero-order valence-electron chi connectivity index (χ0n) is 22.9. The number of hydrogen-bond acceptors (Lipinski definition) is 5.